The molecule has 0 aliphatic rings. The molecule has 0 bridgehead atoms. The molecule has 0 saturated carbocycles. The summed E-state index contributed by atoms with van der Waals surface area (Å²) in [5.74, 6) is -3.31. The number of hydrogen-bond donors (Lipinski definition) is 4. The van der Waals surface area contributed by atoms with E-state index in [-0.39, 0.29) is 17.7 Å². The number of para-hydroxylation sites is 1. The number of aliphatic hydroxyl groups is 2. The highest BCUT2D eigenvalue weighted by molar-refractivity contribution is 6.01. The van der Waals surface area contributed by atoms with Gasteiger partial charge in [0.25, 0.3) is 0 Å². The molecule has 0 amide bonds. The van der Waals surface area contributed by atoms with E-state index in [1.165, 1.54) is 75.6 Å². The van der Waals surface area contributed by atoms with Crippen molar-refractivity contribution in [3.05, 3.63) is 102 Å². The van der Waals surface area contributed by atoms with Crippen LogP contribution in [-0.4, -0.2) is 110 Å². The Morgan fingerprint density at radius 2 is 0.982 bits per heavy atom. The maximum absolute atomic E-state index is 12.1. The van der Waals surface area contributed by atoms with Crippen LogP contribution in [0, 0.1) is 0 Å². The molecule has 3 aromatic carbocycles. The molecule has 3 aromatic rings. The summed E-state index contributed by atoms with van der Waals surface area (Å²) < 4.78 is 34.5. The summed E-state index contributed by atoms with van der Waals surface area (Å²) in [5, 5.41) is 37.9. The van der Waals surface area contributed by atoms with E-state index in [1.54, 1.807) is 0 Å². The fourth-order valence-electron chi connectivity index (χ4n) is 5.94. The third-order valence-corrected chi connectivity index (χ3v) is 8.98. The summed E-state index contributed by atoms with van der Waals surface area (Å²) >= 11 is 0. The van der Waals surface area contributed by atoms with Crippen LogP contribution >= 0.6 is 0 Å². The average molecular weight is 799 g/mol. The van der Waals surface area contributed by atoms with Crippen molar-refractivity contribution < 1.29 is 58.4 Å². The van der Waals surface area contributed by atoms with Crippen molar-refractivity contribution in [3.63, 3.8) is 0 Å². The summed E-state index contributed by atoms with van der Waals surface area (Å²) in [5.41, 5.74) is 0.701. The Morgan fingerprint density at radius 1 is 0.561 bits per heavy atom. The third kappa shape index (κ3) is 23.2. The van der Waals surface area contributed by atoms with Gasteiger partial charge >= 0.3 is 11.9 Å². The number of unbranched alkanes of at least 4 members (excludes halogenated alkanes) is 9. The highest BCUT2D eigenvalue weighted by Crippen LogP contribution is 2.29. The summed E-state index contributed by atoms with van der Waals surface area (Å²) in [4.78, 5) is 20.9. The topological polar surface area (TPSA) is 170 Å². The maximum atomic E-state index is 12.1. The first-order valence-corrected chi connectivity index (χ1v) is 20.4. The summed E-state index contributed by atoms with van der Waals surface area (Å²) in [7, 11) is 0. The molecule has 0 fully saturated rings. The fraction of sp³-hybridized carbons (Fsp3) is 0.556. The molecule has 57 heavy (non-hydrogen) atoms. The number of benzene rings is 3. The van der Waals surface area contributed by atoms with Gasteiger partial charge in [0.05, 0.1) is 77.2 Å². The Labute approximate surface area is 339 Å². The zero-order valence-corrected chi connectivity index (χ0v) is 33.8. The van der Waals surface area contributed by atoms with Crippen molar-refractivity contribution in [1.29, 1.82) is 0 Å². The Bertz CT molecular complexity index is 1390. The largest absolute Gasteiger partial charge is 0.478 e. The van der Waals surface area contributed by atoms with Gasteiger partial charge in [-0.25, -0.2) is 9.59 Å². The first-order chi connectivity index (χ1) is 27.8. The monoisotopic (exact) mass is 798 g/mol. The van der Waals surface area contributed by atoms with Crippen LogP contribution in [-0.2, 0) is 30.1 Å². The van der Waals surface area contributed by atoms with Crippen molar-refractivity contribution in [1.82, 2.24) is 0 Å². The molecule has 12 nitrogen and oxygen atoms in total. The van der Waals surface area contributed by atoms with E-state index in [0.29, 0.717) is 78.1 Å². The van der Waals surface area contributed by atoms with E-state index >= 15 is 0 Å². The van der Waals surface area contributed by atoms with Crippen LogP contribution in [0.1, 0.15) is 104 Å². The molecular formula is C45H66O12. The van der Waals surface area contributed by atoms with Gasteiger partial charge in [0.1, 0.15) is 11.9 Å². The third-order valence-electron chi connectivity index (χ3n) is 8.98. The fourth-order valence-corrected chi connectivity index (χ4v) is 5.94. The van der Waals surface area contributed by atoms with Crippen LogP contribution < -0.4 is 4.74 Å². The lowest BCUT2D eigenvalue weighted by Crippen LogP contribution is -2.50. The molecule has 0 aliphatic carbocycles. The van der Waals surface area contributed by atoms with Crippen molar-refractivity contribution >= 4 is 11.9 Å². The first-order valence-electron chi connectivity index (χ1n) is 20.4. The molecular weight excluding hydrogens is 732 g/mol. The zero-order valence-electron chi connectivity index (χ0n) is 33.8. The molecule has 0 spiro atoms. The molecule has 12 heteroatoms. The molecule has 0 aromatic heterocycles. The lowest BCUT2D eigenvalue weighted by molar-refractivity contribution is -0.227. The maximum Gasteiger partial charge on any atom is 0.336 e. The van der Waals surface area contributed by atoms with E-state index in [2.05, 4.69) is 19.1 Å². The SMILES string of the molecule is CCCCCCCCCCCCC(O)(Oc1ccccc1)C(Cc1ccccc1)OCCOCCOCCOCCOCCO.O=C(O)c1ccccc1C(=O)O. The van der Waals surface area contributed by atoms with E-state index in [9.17, 15) is 14.7 Å². The molecule has 2 unspecified atom stereocenters. The van der Waals surface area contributed by atoms with E-state index in [0.717, 1.165) is 18.4 Å². The van der Waals surface area contributed by atoms with Gasteiger partial charge in [0.2, 0.25) is 5.79 Å². The zero-order chi connectivity index (χ0) is 41.2. The Hall–Kier alpha value is -3.88. The number of rotatable bonds is 33. The van der Waals surface area contributed by atoms with Crippen molar-refractivity contribution in [3.8, 4) is 5.75 Å². The normalized spacial score (nSPS) is 12.6. The van der Waals surface area contributed by atoms with Crippen LogP contribution in [0.15, 0.2) is 84.9 Å². The van der Waals surface area contributed by atoms with Gasteiger partial charge in [-0.2, -0.15) is 0 Å². The summed E-state index contributed by atoms with van der Waals surface area (Å²) in [6.07, 6.45) is 12.7. The highest BCUT2D eigenvalue weighted by Gasteiger charge is 2.40. The van der Waals surface area contributed by atoms with Gasteiger partial charge in [-0.1, -0.05) is 125 Å². The van der Waals surface area contributed by atoms with E-state index in [4.69, 9.17) is 43.7 Å². The Morgan fingerprint density at radius 3 is 1.46 bits per heavy atom. The van der Waals surface area contributed by atoms with Gasteiger partial charge in [0, 0.05) is 12.8 Å². The van der Waals surface area contributed by atoms with Gasteiger partial charge in [-0.3, -0.25) is 0 Å². The Kier molecular flexibility index (Phi) is 27.8. The minimum absolute atomic E-state index is 0.0174. The molecule has 0 radical (unpaired) electrons. The molecule has 318 valence electrons. The highest BCUT2D eigenvalue weighted by atomic mass is 16.7. The molecule has 0 saturated heterocycles. The molecule has 4 N–H and O–H groups in total. The number of ether oxygens (including phenoxy) is 6. The van der Waals surface area contributed by atoms with Crippen LogP contribution in [0.3, 0.4) is 0 Å². The van der Waals surface area contributed by atoms with Crippen LogP contribution in [0.5, 0.6) is 5.75 Å². The van der Waals surface area contributed by atoms with Crippen LogP contribution in [0.4, 0.5) is 0 Å². The number of aliphatic hydroxyl groups excluding tert-OH is 1. The van der Waals surface area contributed by atoms with Crippen molar-refractivity contribution in [2.45, 2.75) is 95.9 Å². The number of hydrogen-bond acceptors (Lipinski definition) is 10. The predicted octanol–water partition coefficient (Wildman–Crippen LogP) is 7.83. The molecule has 3 rings (SSSR count). The minimum Gasteiger partial charge on any atom is -0.478 e. The van der Waals surface area contributed by atoms with Crippen molar-refractivity contribution in [2.75, 3.05) is 66.1 Å². The molecule has 0 heterocycles. The standard InChI is InChI=1S/C37H60O8.C8H6O4/c1-2-3-4-5-6-7-8-9-10-17-22-37(39,45-35-20-15-12-16-21-35)36(33-34-18-13-11-14-19-34)44-32-31-43-30-29-42-28-27-41-26-25-40-24-23-38;9-7(10)5-3-1-2-4-6(5)8(11)12/h11-16,18-21,36,38-39H,2-10,17,22-33H2,1H3;1-4H,(H,9,10)(H,11,12). The number of carboxylic acids is 2. The summed E-state index contributed by atoms with van der Waals surface area (Å²) in [6.45, 7) is 6.09. The second-order valence-corrected chi connectivity index (χ2v) is 13.6. The first kappa shape index (κ1) is 49.3. The second kappa shape index (κ2) is 32.1. The van der Waals surface area contributed by atoms with E-state index < -0.39 is 23.8 Å². The van der Waals surface area contributed by atoms with Crippen LogP contribution in [0.2, 0.25) is 0 Å². The second-order valence-electron chi connectivity index (χ2n) is 13.6. The lowest BCUT2D eigenvalue weighted by Gasteiger charge is -2.36. The number of carbonyl (C=O) groups is 2. The predicted molar refractivity (Wildman–Crippen MR) is 219 cm³/mol. The number of carboxylic acid groups (broad SMARTS) is 2. The minimum atomic E-state index is -1.48. The van der Waals surface area contributed by atoms with Gasteiger partial charge in [-0.15, -0.1) is 0 Å². The van der Waals surface area contributed by atoms with E-state index in [1.807, 2.05) is 48.5 Å². The summed E-state index contributed by atoms with van der Waals surface area (Å²) in [6, 6.07) is 25.1. The van der Waals surface area contributed by atoms with Gasteiger partial charge < -0.3 is 48.8 Å². The average Bonchev–Trinajstić information content (AvgIpc) is 3.22. The Balaban J connectivity index is 0.000000793. The van der Waals surface area contributed by atoms with Gasteiger partial charge in [-0.05, 0) is 36.2 Å². The van der Waals surface area contributed by atoms with Gasteiger partial charge in [0.15, 0.2) is 0 Å². The molecule has 2 atom stereocenters. The van der Waals surface area contributed by atoms with Crippen molar-refractivity contribution in [2.24, 2.45) is 0 Å². The molecule has 0 aliphatic heterocycles. The smallest absolute Gasteiger partial charge is 0.336 e. The number of aromatic carboxylic acids is 2. The lowest BCUT2D eigenvalue weighted by atomic mass is 9.95. The van der Waals surface area contributed by atoms with Crippen LogP contribution in [0.25, 0.3) is 0 Å². The quantitative estimate of drug-likeness (QED) is 0.0348.